The molecule has 2 rings (SSSR count). The molecule has 0 spiro atoms. The lowest BCUT2D eigenvalue weighted by Gasteiger charge is -2.24. The maximum Gasteiger partial charge on any atom is -0.0250 e. The summed E-state index contributed by atoms with van der Waals surface area (Å²) < 4.78 is 0. The van der Waals surface area contributed by atoms with Crippen molar-refractivity contribution in [3.8, 4) is 0 Å². The van der Waals surface area contributed by atoms with Crippen molar-refractivity contribution in [1.29, 1.82) is 0 Å². The molecule has 0 aliphatic carbocycles. The molecule has 0 aliphatic heterocycles. The third kappa shape index (κ3) is 11.1. The van der Waals surface area contributed by atoms with Gasteiger partial charge in [0, 0.05) is 0 Å². The van der Waals surface area contributed by atoms with E-state index >= 15 is 0 Å². The summed E-state index contributed by atoms with van der Waals surface area (Å²) in [6.07, 6.45) is 10.9. The van der Waals surface area contributed by atoms with Crippen LogP contribution in [0.1, 0.15) is 134 Å². The third-order valence-electron chi connectivity index (χ3n) is 7.85. The van der Waals surface area contributed by atoms with Crippen LogP contribution in [-0.4, -0.2) is 0 Å². The molecule has 0 heterocycles. The van der Waals surface area contributed by atoms with Gasteiger partial charge >= 0.3 is 0 Å². The molecule has 39 heavy (non-hydrogen) atoms. The van der Waals surface area contributed by atoms with Gasteiger partial charge in [0.15, 0.2) is 0 Å². The molecule has 0 saturated heterocycles. The fraction of sp³-hybridized carbons (Fsp3) is 0.692. The molecule has 2 aromatic carbocycles. The quantitative estimate of drug-likeness (QED) is 0.202. The van der Waals surface area contributed by atoms with Crippen molar-refractivity contribution >= 4 is 0 Å². The molecule has 220 valence electrons. The largest absolute Gasteiger partial charge is 0.0625 e. The van der Waals surface area contributed by atoms with Crippen LogP contribution >= 0.6 is 0 Å². The third-order valence-corrected chi connectivity index (χ3v) is 7.85. The molecule has 0 bridgehead atoms. The fourth-order valence-electron chi connectivity index (χ4n) is 6.43. The second-order valence-corrected chi connectivity index (χ2v) is 15.1. The number of rotatable bonds is 16. The molecule has 0 fully saturated rings. The summed E-state index contributed by atoms with van der Waals surface area (Å²) in [5.41, 5.74) is 13.2. The van der Waals surface area contributed by atoms with E-state index in [9.17, 15) is 0 Å². The molecule has 0 amide bonds. The van der Waals surface area contributed by atoms with Crippen molar-refractivity contribution in [2.75, 3.05) is 0 Å². The highest BCUT2D eigenvalue weighted by Crippen LogP contribution is 2.31. The van der Waals surface area contributed by atoms with Crippen LogP contribution in [0.5, 0.6) is 0 Å². The van der Waals surface area contributed by atoms with E-state index in [2.05, 4.69) is 107 Å². The minimum Gasteiger partial charge on any atom is -0.0625 e. The monoisotopic (exact) mass is 533 g/mol. The molecule has 0 N–H and O–H groups in total. The molecule has 0 nitrogen and oxygen atoms in total. The van der Waals surface area contributed by atoms with Crippen LogP contribution in [0.3, 0.4) is 0 Å². The average Bonchev–Trinajstić information content (AvgIpc) is 2.78. The molecule has 0 saturated carbocycles. The normalized spacial score (nSPS) is 12.4. The summed E-state index contributed by atoms with van der Waals surface area (Å²) in [6, 6.07) is 9.99. The first-order chi connectivity index (χ1) is 18.3. The Bertz CT molecular complexity index is 918. The molecular formula is C39H64. The van der Waals surface area contributed by atoms with Gasteiger partial charge < -0.3 is 0 Å². The van der Waals surface area contributed by atoms with Crippen molar-refractivity contribution in [2.45, 2.75) is 141 Å². The second kappa shape index (κ2) is 16.0. The van der Waals surface area contributed by atoms with Gasteiger partial charge in [-0.1, -0.05) is 107 Å². The highest BCUT2D eigenvalue weighted by molar-refractivity contribution is 5.44. The number of benzene rings is 2. The Kier molecular flexibility index (Phi) is 13.8. The Balaban J connectivity index is 2.43. The van der Waals surface area contributed by atoms with E-state index in [1.165, 1.54) is 57.8 Å². The van der Waals surface area contributed by atoms with Gasteiger partial charge in [-0.2, -0.15) is 0 Å². The molecule has 0 aliphatic rings. The molecule has 0 atom stereocenters. The molecule has 2 aromatic rings. The highest BCUT2D eigenvalue weighted by Gasteiger charge is 2.19. The second-order valence-electron chi connectivity index (χ2n) is 15.1. The van der Waals surface area contributed by atoms with Crippen LogP contribution in [0.2, 0.25) is 0 Å². The fourth-order valence-corrected chi connectivity index (χ4v) is 6.43. The molecule has 0 aromatic heterocycles. The number of aryl methyl sites for hydroxylation is 2. The van der Waals surface area contributed by atoms with Crippen molar-refractivity contribution in [3.05, 3.63) is 68.8 Å². The summed E-state index contributed by atoms with van der Waals surface area (Å²) in [5.74, 6) is 4.17. The zero-order valence-electron chi connectivity index (χ0n) is 28.1. The van der Waals surface area contributed by atoms with E-state index in [0.717, 1.165) is 0 Å². The van der Waals surface area contributed by atoms with Crippen molar-refractivity contribution in [1.82, 2.24) is 0 Å². The van der Waals surface area contributed by atoms with Crippen molar-refractivity contribution < 1.29 is 0 Å². The van der Waals surface area contributed by atoms with Crippen LogP contribution < -0.4 is 0 Å². The first-order valence-corrected chi connectivity index (χ1v) is 16.5. The smallest absolute Gasteiger partial charge is 0.0250 e. The Morgan fingerprint density at radius 3 is 0.821 bits per heavy atom. The summed E-state index contributed by atoms with van der Waals surface area (Å²) in [7, 11) is 0. The summed E-state index contributed by atoms with van der Waals surface area (Å²) >= 11 is 0. The summed E-state index contributed by atoms with van der Waals surface area (Å²) in [6.45, 7) is 28.6. The zero-order valence-corrected chi connectivity index (χ0v) is 28.1. The Morgan fingerprint density at radius 1 is 0.333 bits per heavy atom. The average molecular weight is 533 g/mol. The van der Waals surface area contributed by atoms with Gasteiger partial charge in [-0.3, -0.25) is 0 Å². The van der Waals surface area contributed by atoms with E-state index in [0.29, 0.717) is 35.5 Å². The summed E-state index contributed by atoms with van der Waals surface area (Å²) in [4.78, 5) is 0. The van der Waals surface area contributed by atoms with Gasteiger partial charge in [0.1, 0.15) is 0 Å². The van der Waals surface area contributed by atoms with Crippen molar-refractivity contribution in [3.63, 3.8) is 0 Å². The highest BCUT2D eigenvalue weighted by atomic mass is 14.2. The number of hydrogen-bond acceptors (Lipinski definition) is 0. The van der Waals surface area contributed by atoms with Gasteiger partial charge in [0.25, 0.3) is 0 Å². The lowest BCUT2D eigenvalue weighted by Crippen LogP contribution is -2.13. The van der Waals surface area contributed by atoms with Gasteiger partial charge in [0.05, 0.1) is 0 Å². The van der Waals surface area contributed by atoms with Crippen LogP contribution in [0.15, 0.2) is 24.3 Å². The van der Waals surface area contributed by atoms with Gasteiger partial charge in [-0.15, -0.1) is 0 Å². The first-order valence-electron chi connectivity index (χ1n) is 16.5. The Hall–Kier alpha value is -1.56. The standard InChI is InChI=1S/C39H64/c1-26(2)20-34-18-16-32(36(22-28(5)6)38(34)24-30(9)10)14-13-15-33-17-19-35(21-27(3)4)39(25-31(11)12)37(33)23-29(7)8/h16-19,26-31H,13-15,20-25H2,1-12H3. The maximum atomic E-state index is 2.50. The molecular weight excluding hydrogens is 468 g/mol. The lowest BCUT2D eigenvalue weighted by molar-refractivity contribution is 0.590. The van der Waals surface area contributed by atoms with E-state index in [4.69, 9.17) is 0 Å². The molecule has 0 heteroatoms. The predicted molar refractivity (Wildman–Crippen MR) is 176 cm³/mol. The van der Waals surface area contributed by atoms with Gasteiger partial charge in [-0.25, -0.2) is 0 Å². The van der Waals surface area contributed by atoms with Crippen molar-refractivity contribution in [2.24, 2.45) is 35.5 Å². The van der Waals surface area contributed by atoms with Gasteiger partial charge in [-0.05, 0) is 138 Å². The maximum absolute atomic E-state index is 2.50. The minimum absolute atomic E-state index is 0.689. The molecule has 0 unspecified atom stereocenters. The minimum atomic E-state index is 0.689. The van der Waals surface area contributed by atoms with E-state index in [-0.39, 0.29) is 0 Å². The van der Waals surface area contributed by atoms with Crippen LogP contribution in [0, 0.1) is 35.5 Å². The van der Waals surface area contributed by atoms with E-state index < -0.39 is 0 Å². The van der Waals surface area contributed by atoms with Crippen LogP contribution in [0.25, 0.3) is 0 Å². The summed E-state index contributed by atoms with van der Waals surface area (Å²) in [5, 5.41) is 0. The number of hydrogen-bond donors (Lipinski definition) is 0. The van der Waals surface area contributed by atoms with E-state index in [1.807, 2.05) is 0 Å². The zero-order chi connectivity index (χ0) is 29.3. The lowest BCUT2D eigenvalue weighted by atomic mass is 9.81. The topological polar surface area (TPSA) is 0 Å². The van der Waals surface area contributed by atoms with Gasteiger partial charge in [0.2, 0.25) is 0 Å². The predicted octanol–water partition coefficient (Wildman–Crippen LogP) is 11.1. The Labute approximate surface area is 244 Å². The van der Waals surface area contributed by atoms with Crippen LogP contribution in [-0.2, 0) is 51.4 Å². The Morgan fingerprint density at radius 2 is 0.564 bits per heavy atom. The molecule has 0 radical (unpaired) electrons. The SMILES string of the molecule is CC(C)Cc1ccc(CCCc2ccc(CC(C)C)c(CC(C)C)c2CC(C)C)c(CC(C)C)c1CC(C)C. The first kappa shape index (κ1) is 33.6. The van der Waals surface area contributed by atoms with Crippen LogP contribution in [0.4, 0.5) is 0 Å². The van der Waals surface area contributed by atoms with E-state index in [1.54, 1.807) is 44.5 Å².